The second-order valence-electron chi connectivity index (χ2n) is 3.56. The third-order valence-electron chi connectivity index (χ3n) is 2.23. The molecule has 0 aliphatic rings. The fourth-order valence-electron chi connectivity index (χ4n) is 1.42. The third kappa shape index (κ3) is 3.18. The number of hydrogen-bond donors (Lipinski definition) is 1. The maximum absolute atomic E-state index is 5.57. The predicted octanol–water partition coefficient (Wildman–Crippen LogP) is 2.13. The minimum atomic E-state index is 0.368. The smallest absolute Gasteiger partial charge is 0.237 e. The summed E-state index contributed by atoms with van der Waals surface area (Å²) >= 11 is 0. The Morgan fingerprint density at radius 3 is 2.67 bits per heavy atom. The van der Waals surface area contributed by atoms with Crippen molar-refractivity contribution in [3.8, 4) is 17.4 Å². The van der Waals surface area contributed by atoms with Crippen LogP contribution in [0.1, 0.15) is 12.6 Å². The highest BCUT2D eigenvalue weighted by Crippen LogP contribution is 2.23. The molecule has 2 rings (SSSR count). The van der Waals surface area contributed by atoms with Crippen LogP contribution in [0.25, 0.3) is 0 Å². The topological polar surface area (TPSA) is 70.3 Å². The van der Waals surface area contributed by atoms with Crippen LogP contribution in [0.4, 0.5) is 0 Å². The van der Waals surface area contributed by atoms with Crippen molar-refractivity contribution in [2.75, 3.05) is 6.61 Å². The van der Waals surface area contributed by atoms with E-state index < -0.39 is 0 Å². The van der Waals surface area contributed by atoms with Gasteiger partial charge >= 0.3 is 0 Å². The fourth-order valence-corrected chi connectivity index (χ4v) is 1.42. The Hall–Kier alpha value is -2.14. The summed E-state index contributed by atoms with van der Waals surface area (Å²) in [7, 11) is 0. The molecule has 0 fully saturated rings. The first kappa shape index (κ1) is 12.3. The first-order valence-electron chi connectivity index (χ1n) is 5.73. The van der Waals surface area contributed by atoms with Gasteiger partial charge < -0.3 is 15.2 Å². The lowest BCUT2D eigenvalue weighted by Crippen LogP contribution is -2.00. The van der Waals surface area contributed by atoms with Crippen molar-refractivity contribution >= 4 is 0 Å². The summed E-state index contributed by atoms with van der Waals surface area (Å²) in [4.78, 5) is 8.22. The molecule has 0 aliphatic carbocycles. The zero-order chi connectivity index (χ0) is 12.8. The van der Waals surface area contributed by atoms with Crippen molar-refractivity contribution in [1.82, 2.24) is 9.97 Å². The van der Waals surface area contributed by atoms with E-state index in [1.54, 1.807) is 12.4 Å². The van der Waals surface area contributed by atoms with Gasteiger partial charge in [-0.1, -0.05) is 6.07 Å². The van der Waals surface area contributed by atoms with Gasteiger partial charge in [0.1, 0.15) is 11.5 Å². The van der Waals surface area contributed by atoms with Crippen LogP contribution in [-0.4, -0.2) is 16.6 Å². The lowest BCUT2D eigenvalue weighted by molar-refractivity contribution is 0.338. The summed E-state index contributed by atoms with van der Waals surface area (Å²) in [6, 6.07) is 7.38. The van der Waals surface area contributed by atoms with Gasteiger partial charge in [0.25, 0.3) is 0 Å². The van der Waals surface area contributed by atoms with E-state index in [0.29, 0.717) is 24.8 Å². The fraction of sp³-hybridized carbons (Fsp3) is 0.231. The standard InChI is InChI=1S/C13H15N3O2/c1-2-17-11-4-3-5-12(6-11)18-13-9-15-10(7-14)8-16-13/h3-6,8-9H,2,7,14H2,1H3. The molecule has 0 unspecified atom stereocenters. The molecule has 0 radical (unpaired) electrons. The Kier molecular flexibility index (Phi) is 4.09. The van der Waals surface area contributed by atoms with Gasteiger partial charge in [-0.25, -0.2) is 4.98 Å². The summed E-state index contributed by atoms with van der Waals surface area (Å²) in [6.45, 7) is 2.92. The van der Waals surface area contributed by atoms with Crippen molar-refractivity contribution in [2.24, 2.45) is 5.73 Å². The lowest BCUT2D eigenvalue weighted by atomic mass is 10.3. The summed E-state index contributed by atoms with van der Waals surface area (Å²) in [5, 5.41) is 0. The van der Waals surface area contributed by atoms with Crippen LogP contribution in [-0.2, 0) is 6.54 Å². The Morgan fingerprint density at radius 2 is 2.00 bits per heavy atom. The normalized spacial score (nSPS) is 10.1. The molecule has 1 aromatic heterocycles. The second kappa shape index (κ2) is 5.97. The van der Waals surface area contributed by atoms with Crippen molar-refractivity contribution in [3.05, 3.63) is 42.4 Å². The van der Waals surface area contributed by atoms with E-state index in [2.05, 4.69) is 9.97 Å². The zero-order valence-electron chi connectivity index (χ0n) is 10.2. The van der Waals surface area contributed by atoms with Crippen LogP contribution < -0.4 is 15.2 Å². The van der Waals surface area contributed by atoms with Crippen LogP contribution in [0.3, 0.4) is 0 Å². The van der Waals surface area contributed by atoms with Crippen molar-refractivity contribution in [3.63, 3.8) is 0 Å². The highest BCUT2D eigenvalue weighted by Gasteiger charge is 2.01. The van der Waals surface area contributed by atoms with Gasteiger partial charge in [0.2, 0.25) is 5.88 Å². The van der Waals surface area contributed by atoms with Gasteiger partial charge in [0.05, 0.1) is 24.7 Å². The van der Waals surface area contributed by atoms with Gasteiger partial charge in [0.15, 0.2) is 0 Å². The first-order chi connectivity index (χ1) is 8.81. The molecule has 94 valence electrons. The molecule has 0 spiro atoms. The molecule has 0 bridgehead atoms. The number of ether oxygens (including phenoxy) is 2. The van der Waals surface area contributed by atoms with Crippen LogP contribution in [0.15, 0.2) is 36.7 Å². The highest BCUT2D eigenvalue weighted by molar-refractivity contribution is 5.34. The monoisotopic (exact) mass is 245 g/mol. The minimum Gasteiger partial charge on any atom is -0.494 e. The number of rotatable bonds is 5. The first-order valence-corrected chi connectivity index (χ1v) is 5.73. The molecule has 18 heavy (non-hydrogen) atoms. The summed E-state index contributed by atoms with van der Waals surface area (Å²) in [5.74, 6) is 1.86. The average molecular weight is 245 g/mol. The molecular weight excluding hydrogens is 230 g/mol. The van der Waals surface area contributed by atoms with Gasteiger partial charge in [0, 0.05) is 12.6 Å². The van der Waals surface area contributed by atoms with Crippen LogP contribution in [0.2, 0.25) is 0 Å². The quantitative estimate of drug-likeness (QED) is 0.873. The second-order valence-corrected chi connectivity index (χ2v) is 3.56. The van der Waals surface area contributed by atoms with Gasteiger partial charge in [-0.15, -0.1) is 0 Å². The number of benzene rings is 1. The molecule has 2 aromatic rings. The number of nitrogens with zero attached hydrogens (tertiary/aromatic N) is 2. The third-order valence-corrected chi connectivity index (χ3v) is 2.23. The largest absolute Gasteiger partial charge is 0.494 e. The molecule has 5 heteroatoms. The van der Waals surface area contributed by atoms with E-state index in [1.807, 2.05) is 31.2 Å². The van der Waals surface area contributed by atoms with Gasteiger partial charge in [-0.2, -0.15) is 0 Å². The summed E-state index contributed by atoms with van der Waals surface area (Å²) in [6.07, 6.45) is 3.15. The van der Waals surface area contributed by atoms with Crippen molar-refractivity contribution in [1.29, 1.82) is 0 Å². The van der Waals surface area contributed by atoms with E-state index in [4.69, 9.17) is 15.2 Å². The SMILES string of the molecule is CCOc1cccc(Oc2cnc(CN)cn2)c1. The van der Waals surface area contributed by atoms with E-state index >= 15 is 0 Å². The summed E-state index contributed by atoms with van der Waals surface area (Å²) < 4.78 is 11.0. The Morgan fingerprint density at radius 1 is 1.17 bits per heavy atom. The molecule has 5 nitrogen and oxygen atoms in total. The van der Waals surface area contributed by atoms with Crippen LogP contribution in [0, 0.1) is 0 Å². The maximum Gasteiger partial charge on any atom is 0.237 e. The maximum atomic E-state index is 5.57. The van der Waals surface area contributed by atoms with E-state index in [9.17, 15) is 0 Å². The van der Waals surface area contributed by atoms with Gasteiger partial charge in [-0.05, 0) is 19.1 Å². The Bertz CT molecular complexity index is 500. The van der Waals surface area contributed by atoms with Crippen LogP contribution >= 0.6 is 0 Å². The average Bonchev–Trinajstić information content (AvgIpc) is 2.40. The minimum absolute atomic E-state index is 0.368. The number of hydrogen-bond acceptors (Lipinski definition) is 5. The van der Waals surface area contributed by atoms with E-state index in [-0.39, 0.29) is 0 Å². The highest BCUT2D eigenvalue weighted by atomic mass is 16.5. The predicted molar refractivity (Wildman–Crippen MR) is 67.6 cm³/mol. The van der Waals surface area contributed by atoms with Crippen molar-refractivity contribution < 1.29 is 9.47 Å². The molecule has 0 atom stereocenters. The van der Waals surface area contributed by atoms with E-state index in [0.717, 1.165) is 11.4 Å². The molecule has 2 N–H and O–H groups in total. The summed E-state index contributed by atoms with van der Waals surface area (Å²) in [5.41, 5.74) is 6.17. The van der Waals surface area contributed by atoms with Gasteiger partial charge in [-0.3, -0.25) is 4.98 Å². The van der Waals surface area contributed by atoms with Crippen molar-refractivity contribution in [2.45, 2.75) is 13.5 Å². The van der Waals surface area contributed by atoms with E-state index in [1.165, 1.54) is 0 Å². The molecule has 0 saturated heterocycles. The number of aromatic nitrogens is 2. The molecule has 1 heterocycles. The zero-order valence-corrected chi connectivity index (χ0v) is 10.2. The molecule has 1 aromatic carbocycles. The number of nitrogens with two attached hydrogens (primary N) is 1. The molecule has 0 aliphatic heterocycles. The lowest BCUT2D eigenvalue weighted by Gasteiger charge is -2.07. The Labute approximate surface area is 106 Å². The molecule has 0 saturated carbocycles. The molecule has 0 amide bonds. The van der Waals surface area contributed by atoms with Crippen LogP contribution in [0.5, 0.6) is 17.4 Å². The molecular formula is C13H15N3O2. The Balaban J connectivity index is 2.09.